The van der Waals surface area contributed by atoms with E-state index in [0.29, 0.717) is 5.75 Å². The summed E-state index contributed by atoms with van der Waals surface area (Å²) in [5.41, 5.74) is 0.576. The van der Waals surface area contributed by atoms with Gasteiger partial charge in [0.05, 0.1) is 7.11 Å². The Hall–Kier alpha value is -1.80. The van der Waals surface area contributed by atoms with Crippen LogP contribution in [-0.4, -0.2) is 12.2 Å². The van der Waals surface area contributed by atoms with E-state index in [0.717, 1.165) is 11.1 Å². The van der Waals surface area contributed by atoms with Crippen LogP contribution in [0.1, 0.15) is 18.1 Å². The first-order chi connectivity index (χ1) is 8.16. The first-order valence-corrected chi connectivity index (χ1v) is 5.57. The van der Waals surface area contributed by atoms with E-state index < -0.39 is 5.60 Å². The zero-order valence-corrected chi connectivity index (χ0v) is 10.1. The first kappa shape index (κ1) is 11.7. The van der Waals surface area contributed by atoms with Crippen LogP contribution in [0.5, 0.6) is 5.75 Å². The Morgan fingerprint density at radius 1 is 0.941 bits per heavy atom. The highest BCUT2D eigenvalue weighted by Crippen LogP contribution is 2.34. The maximum absolute atomic E-state index is 10.7. The molecule has 0 saturated heterocycles. The third-order valence-electron chi connectivity index (χ3n) is 2.97. The van der Waals surface area contributed by atoms with Crippen molar-refractivity contribution in [2.45, 2.75) is 12.5 Å². The van der Waals surface area contributed by atoms with Gasteiger partial charge in [-0.15, -0.1) is 0 Å². The van der Waals surface area contributed by atoms with Gasteiger partial charge in [-0.05, 0) is 18.6 Å². The molecule has 0 bridgehead atoms. The van der Waals surface area contributed by atoms with Crippen molar-refractivity contribution in [3.8, 4) is 5.75 Å². The molecular formula is C15H16O2. The second kappa shape index (κ2) is 4.60. The van der Waals surface area contributed by atoms with Crippen molar-refractivity contribution in [3.05, 3.63) is 65.7 Å². The predicted octanol–water partition coefficient (Wildman–Crippen LogP) is 2.95. The van der Waals surface area contributed by atoms with Gasteiger partial charge in [0.15, 0.2) is 0 Å². The average Bonchev–Trinajstić information content (AvgIpc) is 2.39. The normalized spacial score (nSPS) is 14.1. The van der Waals surface area contributed by atoms with Gasteiger partial charge in [0, 0.05) is 5.56 Å². The lowest BCUT2D eigenvalue weighted by atomic mass is 9.88. The summed E-state index contributed by atoms with van der Waals surface area (Å²) in [5, 5.41) is 10.7. The van der Waals surface area contributed by atoms with E-state index in [4.69, 9.17) is 4.74 Å². The topological polar surface area (TPSA) is 29.5 Å². The van der Waals surface area contributed by atoms with Crippen LogP contribution in [0.15, 0.2) is 54.6 Å². The summed E-state index contributed by atoms with van der Waals surface area (Å²) >= 11 is 0. The van der Waals surface area contributed by atoms with Crippen molar-refractivity contribution >= 4 is 0 Å². The molecule has 2 aromatic rings. The summed E-state index contributed by atoms with van der Waals surface area (Å²) in [5.74, 6) is 0.696. The summed E-state index contributed by atoms with van der Waals surface area (Å²) in [7, 11) is 1.61. The third kappa shape index (κ3) is 2.17. The fraction of sp³-hybridized carbons (Fsp3) is 0.200. The molecule has 2 nitrogen and oxygen atoms in total. The van der Waals surface area contributed by atoms with E-state index in [2.05, 4.69) is 0 Å². The van der Waals surface area contributed by atoms with Crippen LogP contribution in [0.25, 0.3) is 0 Å². The quantitative estimate of drug-likeness (QED) is 0.875. The monoisotopic (exact) mass is 228 g/mol. The largest absolute Gasteiger partial charge is 0.496 e. The maximum Gasteiger partial charge on any atom is 0.125 e. The van der Waals surface area contributed by atoms with Gasteiger partial charge in [-0.2, -0.15) is 0 Å². The number of hydrogen-bond acceptors (Lipinski definition) is 2. The summed E-state index contributed by atoms with van der Waals surface area (Å²) in [4.78, 5) is 0. The lowest BCUT2D eigenvalue weighted by Crippen LogP contribution is -2.23. The van der Waals surface area contributed by atoms with Crippen molar-refractivity contribution in [2.24, 2.45) is 0 Å². The Morgan fingerprint density at radius 2 is 1.53 bits per heavy atom. The van der Waals surface area contributed by atoms with Gasteiger partial charge < -0.3 is 9.84 Å². The summed E-state index contributed by atoms with van der Waals surface area (Å²) < 4.78 is 5.29. The molecule has 0 spiro atoms. The smallest absolute Gasteiger partial charge is 0.125 e. The maximum atomic E-state index is 10.7. The van der Waals surface area contributed by atoms with Crippen molar-refractivity contribution in [1.29, 1.82) is 0 Å². The number of hydrogen-bond donors (Lipinski definition) is 1. The molecule has 0 saturated carbocycles. The number of para-hydroxylation sites is 1. The van der Waals surface area contributed by atoms with Crippen LogP contribution < -0.4 is 4.74 Å². The van der Waals surface area contributed by atoms with Crippen LogP contribution in [0, 0.1) is 0 Å². The molecular weight excluding hydrogens is 212 g/mol. The fourth-order valence-corrected chi connectivity index (χ4v) is 1.96. The van der Waals surface area contributed by atoms with E-state index >= 15 is 0 Å². The van der Waals surface area contributed by atoms with Crippen LogP contribution in [0.4, 0.5) is 0 Å². The Balaban J connectivity index is 2.51. The first-order valence-electron chi connectivity index (χ1n) is 5.57. The molecule has 0 aromatic heterocycles. The highest BCUT2D eigenvalue weighted by atomic mass is 16.5. The lowest BCUT2D eigenvalue weighted by molar-refractivity contribution is 0.0989. The minimum absolute atomic E-state index is 0.696. The molecule has 1 atom stereocenters. The van der Waals surface area contributed by atoms with Gasteiger partial charge in [-0.3, -0.25) is 0 Å². The second-order valence-electron chi connectivity index (χ2n) is 4.14. The van der Waals surface area contributed by atoms with Gasteiger partial charge >= 0.3 is 0 Å². The molecule has 2 heteroatoms. The zero-order chi connectivity index (χ0) is 12.3. The number of aliphatic hydroxyl groups is 1. The molecule has 0 fully saturated rings. The lowest BCUT2D eigenvalue weighted by Gasteiger charge is -2.26. The minimum atomic E-state index is -1.05. The van der Waals surface area contributed by atoms with E-state index in [9.17, 15) is 5.11 Å². The number of methoxy groups -OCH3 is 1. The molecule has 0 aliphatic heterocycles. The summed E-state index contributed by atoms with van der Waals surface area (Å²) in [6.07, 6.45) is 0. The highest BCUT2D eigenvalue weighted by molar-refractivity contribution is 5.43. The van der Waals surface area contributed by atoms with E-state index in [1.807, 2.05) is 54.6 Å². The van der Waals surface area contributed by atoms with Gasteiger partial charge in [0.2, 0.25) is 0 Å². The van der Waals surface area contributed by atoms with Crippen LogP contribution >= 0.6 is 0 Å². The predicted molar refractivity (Wildman–Crippen MR) is 68.1 cm³/mol. The number of ether oxygens (including phenoxy) is 1. The van der Waals surface area contributed by atoms with Crippen molar-refractivity contribution in [2.75, 3.05) is 7.11 Å². The Labute approximate surface area is 101 Å². The minimum Gasteiger partial charge on any atom is -0.496 e. The van der Waals surface area contributed by atoms with Gasteiger partial charge in [-0.25, -0.2) is 0 Å². The van der Waals surface area contributed by atoms with Crippen LogP contribution in [0.2, 0.25) is 0 Å². The van der Waals surface area contributed by atoms with Crippen LogP contribution in [-0.2, 0) is 5.60 Å². The molecule has 0 radical (unpaired) electrons. The van der Waals surface area contributed by atoms with Gasteiger partial charge in [0.25, 0.3) is 0 Å². The van der Waals surface area contributed by atoms with E-state index in [1.54, 1.807) is 14.0 Å². The van der Waals surface area contributed by atoms with Gasteiger partial charge in [0.1, 0.15) is 11.4 Å². The van der Waals surface area contributed by atoms with Crippen LogP contribution in [0.3, 0.4) is 0 Å². The molecule has 0 aliphatic carbocycles. The Kier molecular flexibility index (Phi) is 3.16. The third-order valence-corrected chi connectivity index (χ3v) is 2.97. The Morgan fingerprint density at radius 3 is 2.18 bits per heavy atom. The van der Waals surface area contributed by atoms with Gasteiger partial charge in [-0.1, -0.05) is 48.5 Å². The SMILES string of the molecule is COc1ccccc1C(C)(O)c1ccccc1. The molecule has 1 N–H and O–H groups in total. The Bertz CT molecular complexity index is 489. The molecule has 88 valence electrons. The molecule has 0 amide bonds. The number of rotatable bonds is 3. The highest BCUT2D eigenvalue weighted by Gasteiger charge is 2.28. The van der Waals surface area contributed by atoms with Crippen molar-refractivity contribution < 1.29 is 9.84 Å². The summed E-state index contributed by atoms with van der Waals surface area (Å²) in [6.45, 7) is 1.78. The second-order valence-corrected chi connectivity index (χ2v) is 4.14. The molecule has 2 rings (SSSR count). The van der Waals surface area contributed by atoms with E-state index in [1.165, 1.54) is 0 Å². The molecule has 0 aliphatic rings. The molecule has 2 aromatic carbocycles. The average molecular weight is 228 g/mol. The zero-order valence-electron chi connectivity index (χ0n) is 10.1. The molecule has 17 heavy (non-hydrogen) atoms. The standard InChI is InChI=1S/C15H16O2/c1-15(16,12-8-4-3-5-9-12)13-10-6-7-11-14(13)17-2/h3-11,16H,1-2H3. The molecule has 0 heterocycles. The molecule has 1 unspecified atom stereocenters. The number of benzene rings is 2. The van der Waals surface area contributed by atoms with Crippen molar-refractivity contribution in [3.63, 3.8) is 0 Å². The van der Waals surface area contributed by atoms with E-state index in [-0.39, 0.29) is 0 Å². The fourth-order valence-electron chi connectivity index (χ4n) is 1.96. The summed E-state index contributed by atoms with van der Waals surface area (Å²) in [6, 6.07) is 17.1. The van der Waals surface area contributed by atoms with Crippen molar-refractivity contribution in [1.82, 2.24) is 0 Å².